The zero-order valence-electron chi connectivity index (χ0n) is 11.6. The van der Waals surface area contributed by atoms with E-state index in [4.69, 9.17) is 4.74 Å². The SMILES string of the molecule is CCNC(c1ncc(C)cn1)c1ccccc1OC. The Morgan fingerprint density at radius 2 is 1.89 bits per heavy atom. The summed E-state index contributed by atoms with van der Waals surface area (Å²) in [5.41, 5.74) is 2.11. The summed E-state index contributed by atoms with van der Waals surface area (Å²) in [7, 11) is 1.68. The van der Waals surface area contributed by atoms with E-state index in [9.17, 15) is 0 Å². The highest BCUT2D eigenvalue weighted by Crippen LogP contribution is 2.27. The van der Waals surface area contributed by atoms with E-state index in [0.29, 0.717) is 0 Å². The molecule has 0 bridgehead atoms. The van der Waals surface area contributed by atoms with Crippen LogP contribution < -0.4 is 10.1 Å². The van der Waals surface area contributed by atoms with Crippen molar-refractivity contribution in [3.63, 3.8) is 0 Å². The Morgan fingerprint density at radius 3 is 2.53 bits per heavy atom. The molecule has 1 aromatic carbocycles. The van der Waals surface area contributed by atoms with Crippen LogP contribution in [-0.4, -0.2) is 23.6 Å². The minimum absolute atomic E-state index is 0.0539. The van der Waals surface area contributed by atoms with Crippen molar-refractivity contribution >= 4 is 0 Å². The van der Waals surface area contributed by atoms with Crippen LogP contribution in [0.15, 0.2) is 36.7 Å². The van der Waals surface area contributed by atoms with E-state index in [0.717, 1.165) is 29.2 Å². The van der Waals surface area contributed by atoms with E-state index < -0.39 is 0 Å². The van der Waals surface area contributed by atoms with Gasteiger partial charge < -0.3 is 10.1 Å². The van der Waals surface area contributed by atoms with Gasteiger partial charge in [0.25, 0.3) is 0 Å². The number of hydrogen-bond acceptors (Lipinski definition) is 4. The first-order chi connectivity index (χ1) is 9.26. The number of methoxy groups -OCH3 is 1. The van der Waals surface area contributed by atoms with Gasteiger partial charge in [-0.3, -0.25) is 0 Å². The van der Waals surface area contributed by atoms with Crippen LogP contribution in [0.4, 0.5) is 0 Å². The molecule has 0 aliphatic rings. The van der Waals surface area contributed by atoms with Crippen molar-refractivity contribution in [2.24, 2.45) is 0 Å². The largest absolute Gasteiger partial charge is 0.496 e. The summed E-state index contributed by atoms with van der Waals surface area (Å²) in [5.74, 6) is 1.61. The minimum atomic E-state index is -0.0539. The summed E-state index contributed by atoms with van der Waals surface area (Å²) in [4.78, 5) is 8.84. The maximum Gasteiger partial charge on any atom is 0.149 e. The summed E-state index contributed by atoms with van der Waals surface area (Å²) in [6.45, 7) is 4.88. The molecule has 0 radical (unpaired) electrons. The van der Waals surface area contributed by atoms with Gasteiger partial charge >= 0.3 is 0 Å². The number of hydrogen-bond donors (Lipinski definition) is 1. The zero-order chi connectivity index (χ0) is 13.7. The van der Waals surface area contributed by atoms with Gasteiger partial charge in [-0.15, -0.1) is 0 Å². The number of benzene rings is 1. The first kappa shape index (κ1) is 13.5. The molecule has 0 saturated carbocycles. The average molecular weight is 257 g/mol. The Hall–Kier alpha value is -1.94. The molecule has 2 aromatic rings. The molecule has 0 spiro atoms. The van der Waals surface area contributed by atoms with Crippen molar-refractivity contribution in [3.8, 4) is 5.75 Å². The van der Waals surface area contributed by atoms with Crippen molar-refractivity contribution in [3.05, 3.63) is 53.6 Å². The third-order valence-electron chi connectivity index (χ3n) is 2.92. The van der Waals surface area contributed by atoms with Crippen LogP contribution in [0.25, 0.3) is 0 Å². The molecule has 0 saturated heterocycles. The Bertz CT molecular complexity index is 525. The molecular weight excluding hydrogens is 238 g/mol. The van der Waals surface area contributed by atoms with Crippen LogP contribution in [0.3, 0.4) is 0 Å². The predicted molar refractivity (Wildman–Crippen MR) is 75.3 cm³/mol. The van der Waals surface area contributed by atoms with Gasteiger partial charge in [0, 0.05) is 18.0 Å². The summed E-state index contributed by atoms with van der Waals surface area (Å²) >= 11 is 0. The lowest BCUT2D eigenvalue weighted by Gasteiger charge is -2.19. The maximum absolute atomic E-state index is 5.42. The summed E-state index contributed by atoms with van der Waals surface area (Å²) < 4.78 is 5.42. The second kappa shape index (κ2) is 6.29. The second-order valence-corrected chi connectivity index (χ2v) is 4.35. The summed E-state index contributed by atoms with van der Waals surface area (Å²) in [6.07, 6.45) is 3.67. The quantitative estimate of drug-likeness (QED) is 0.894. The number of para-hydroxylation sites is 1. The fourth-order valence-electron chi connectivity index (χ4n) is 2.00. The molecule has 1 heterocycles. The molecule has 19 heavy (non-hydrogen) atoms. The third-order valence-corrected chi connectivity index (χ3v) is 2.92. The van der Waals surface area contributed by atoms with Crippen LogP contribution in [0.1, 0.15) is 29.9 Å². The van der Waals surface area contributed by atoms with Crippen molar-refractivity contribution in [1.82, 2.24) is 15.3 Å². The number of nitrogens with one attached hydrogen (secondary N) is 1. The molecule has 0 fully saturated rings. The van der Waals surface area contributed by atoms with Gasteiger partial charge in [-0.25, -0.2) is 9.97 Å². The lowest BCUT2D eigenvalue weighted by Crippen LogP contribution is -2.24. The van der Waals surface area contributed by atoms with E-state index in [1.807, 2.05) is 43.6 Å². The second-order valence-electron chi connectivity index (χ2n) is 4.35. The molecule has 1 unspecified atom stereocenters. The summed E-state index contributed by atoms with van der Waals surface area (Å²) in [6, 6.07) is 7.89. The van der Waals surface area contributed by atoms with Crippen molar-refractivity contribution in [2.45, 2.75) is 19.9 Å². The van der Waals surface area contributed by atoms with Gasteiger partial charge in [0.05, 0.1) is 13.2 Å². The first-order valence-corrected chi connectivity index (χ1v) is 6.41. The highest BCUT2D eigenvalue weighted by Gasteiger charge is 2.19. The van der Waals surface area contributed by atoms with Crippen molar-refractivity contribution < 1.29 is 4.74 Å². The van der Waals surface area contributed by atoms with Crippen LogP contribution in [0.5, 0.6) is 5.75 Å². The lowest BCUT2D eigenvalue weighted by atomic mass is 10.0. The van der Waals surface area contributed by atoms with Crippen LogP contribution in [0.2, 0.25) is 0 Å². The lowest BCUT2D eigenvalue weighted by molar-refractivity contribution is 0.403. The van der Waals surface area contributed by atoms with E-state index in [1.54, 1.807) is 7.11 Å². The number of rotatable bonds is 5. The molecular formula is C15H19N3O. The molecule has 0 aliphatic carbocycles. The first-order valence-electron chi connectivity index (χ1n) is 6.41. The third kappa shape index (κ3) is 3.09. The molecule has 100 valence electrons. The summed E-state index contributed by atoms with van der Waals surface area (Å²) in [5, 5.41) is 3.40. The van der Waals surface area contributed by atoms with Crippen LogP contribution in [-0.2, 0) is 0 Å². The van der Waals surface area contributed by atoms with Crippen LogP contribution >= 0.6 is 0 Å². The standard InChI is InChI=1S/C15H19N3O/c1-4-16-14(15-17-9-11(2)10-18-15)12-7-5-6-8-13(12)19-3/h5-10,14,16H,4H2,1-3H3. The van der Waals surface area contributed by atoms with Gasteiger partial charge in [-0.05, 0) is 25.1 Å². The Kier molecular flexibility index (Phi) is 4.47. The Balaban J connectivity index is 2.42. The molecule has 2 rings (SSSR count). The van der Waals surface area contributed by atoms with Gasteiger partial charge in [-0.1, -0.05) is 25.1 Å². The number of aromatic nitrogens is 2. The Labute approximate surface area is 113 Å². The fourth-order valence-corrected chi connectivity index (χ4v) is 2.00. The van der Waals surface area contributed by atoms with E-state index in [2.05, 4.69) is 22.2 Å². The van der Waals surface area contributed by atoms with Crippen molar-refractivity contribution in [2.75, 3.05) is 13.7 Å². The van der Waals surface area contributed by atoms with Crippen LogP contribution in [0, 0.1) is 6.92 Å². The van der Waals surface area contributed by atoms with Crippen molar-refractivity contribution in [1.29, 1.82) is 0 Å². The molecule has 4 nitrogen and oxygen atoms in total. The number of aryl methyl sites for hydroxylation is 1. The topological polar surface area (TPSA) is 47.0 Å². The zero-order valence-corrected chi connectivity index (χ0v) is 11.6. The highest BCUT2D eigenvalue weighted by atomic mass is 16.5. The molecule has 0 aliphatic heterocycles. The van der Waals surface area contributed by atoms with Gasteiger partial charge in [0.15, 0.2) is 0 Å². The van der Waals surface area contributed by atoms with Gasteiger partial charge in [0.1, 0.15) is 11.6 Å². The average Bonchev–Trinajstić information content (AvgIpc) is 2.46. The minimum Gasteiger partial charge on any atom is -0.496 e. The molecule has 0 amide bonds. The molecule has 1 atom stereocenters. The highest BCUT2D eigenvalue weighted by molar-refractivity contribution is 5.38. The number of nitrogens with zero attached hydrogens (tertiary/aromatic N) is 2. The molecule has 1 N–H and O–H groups in total. The Morgan fingerprint density at radius 1 is 1.21 bits per heavy atom. The van der Waals surface area contributed by atoms with Gasteiger partial charge in [-0.2, -0.15) is 0 Å². The predicted octanol–water partition coefficient (Wildman–Crippen LogP) is 2.49. The normalized spacial score (nSPS) is 12.2. The fraction of sp³-hybridized carbons (Fsp3) is 0.333. The smallest absolute Gasteiger partial charge is 0.149 e. The van der Waals surface area contributed by atoms with E-state index in [1.165, 1.54) is 0 Å². The molecule has 1 aromatic heterocycles. The molecule has 4 heteroatoms. The van der Waals surface area contributed by atoms with E-state index >= 15 is 0 Å². The van der Waals surface area contributed by atoms with E-state index in [-0.39, 0.29) is 6.04 Å². The monoisotopic (exact) mass is 257 g/mol. The number of ether oxygens (including phenoxy) is 1. The maximum atomic E-state index is 5.42. The van der Waals surface area contributed by atoms with Gasteiger partial charge in [0.2, 0.25) is 0 Å².